The molecule has 3 amide bonds. The molecule has 0 bridgehead atoms. The topological polar surface area (TPSA) is 130 Å². The Morgan fingerprint density at radius 1 is 0.531 bits per heavy atom. The summed E-state index contributed by atoms with van der Waals surface area (Å²) >= 11 is 4.77. The molecular weight excluding hydrogens is 846 g/mol. The number of nitrogens with one attached hydrogen (secondary N) is 3. The average Bonchev–Trinajstić information content (AvgIpc) is 2.96. The molecule has 49 heavy (non-hydrogen) atoms. The smallest absolute Gasteiger partial charge is 0.223 e. The van der Waals surface area contributed by atoms with E-state index in [1.165, 1.54) is 0 Å². The van der Waals surface area contributed by atoms with E-state index in [0.29, 0.717) is 19.6 Å². The number of carbonyl (C=O) groups excluding carboxylic acids is 3. The lowest BCUT2D eigenvalue weighted by Crippen LogP contribution is -2.44. The minimum absolute atomic E-state index is 0.0437. The molecule has 0 heterocycles. The number of carbonyl (C=O) groups is 3. The monoisotopic (exact) mass is 918 g/mol. The van der Waals surface area contributed by atoms with Crippen molar-refractivity contribution in [2.24, 2.45) is 32.5 Å². The lowest BCUT2D eigenvalue weighted by molar-refractivity contribution is -0.573. The molecule has 3 N–H and O–H groups in total. The van der Waals surface area contributed by atoms with E-state index in [1.807, 2.05) is 0 Å². The Labute approximate surface area is 327 Å². The lowest BCUT2D eigenvalue weighted by Gasteiger charge is -2.34. The second kappa shape index (κ2) is 19.9. The van der Waals surface area contributed by atoms with Crippen LogP contribution >= 0.6 is 45.2 Å². The molecule has 0 saturated carbocycles. The van der Waals surface area contributed by atoms with Crippen LogP contribution in [0.15, 0.2) is 0 Å². The Bertz CT molecular complexity index is 964. The van der Waals surface area contributed by atoms with Crippen LogP contribution in [0.4, 0.5) is 0 Å². The highest BCUT2D eigenvalue weighted by Crippen LogP contribution is 2.37. The van der Waals surface area contributed by atoms with Gasteiger partial charge in [-0.1, -0.05) is 142 Å². The third-order valence-electron chi connectivity index (χ3n) is 9.68. The molecule has 0 atom stereocenters. The van der Waals surface area contributed by atoms with Crippen molar-refractivity contribution >= 4 is 62.9 Å². The van der Waals surface area contributed by atoms with Crippen LogP contribution in [-0.4, -0.2) is 56.7 Å². The van der Waals surface area contributed by atoms with Gasteiger partial charge in [-0.05, 0) is 51.8 Å². The van der Waals surface area contributed by atoms with Gasteiger partial charge in [0.15, 0.2) is 0 Å². The van der Waals surface area contributed by atoms with Crippen LogP contribution in [0.25, 0.3) is 0 Å². The largest absolute Gasteiger partial charge is 0.356 e. The zero-order chi connectivity index (χ0) is 38.5. The van der Waals surface area contributed by atoms with Crippen molar-refractivity contribution in [1.82, 2.24) is 16.0 Å². The van der Waals surface area contributed by atoms with Crippen molar-refractivity contribution in [3.8, 4) is 0 Å². The van der Waals surface area contributed by atoms with Crippen molar-refractivity contribution in [2.45, 2.75) is 160 Å². The molecule has 0 aliphatic heterocycles. The third kappa shape index (κ3) is 20.8. The van der Waals surface area contributed by atoms with E-state index in [-0.39, 0.29) is 93.7 Å². The molecule has 0 aliphatic rings. The highest BCUT2D eigenvalue weighted by molar-refractivity contribution is 14.1. The van der Waals surface area contributed by atoms with E-state index < -0.39 is 5.54 Å². The number of rotatable bonds is 25. The molecule has 0 aromatic carbocycles. The van der Waals surface area contributed by atoms with Crippen molar-refractivity contribution in [1.29, 1.82) is 0 Å². The van der Waals surface area contributed by atoms with Crippen LogP contribution in [0.5, 0.6) is 0 Å². The molecule has 11 heteroatoms. The van der Waals surface area contributed by atoms with Crippen molar-refractivity contribution in [3.05, 3.63) is 10.1 Å². The first-order valence-corrected chi connectivity index (χ1v) is 21.2. The van der Waals surface area contributed by atoms with Gasteiger partial charge < -0.3 is 16.0 Å². The van der Waals surface area contributed by atoms with Crippen LogP contribution in [-0.2, 0) is 14.4 Å². The van der Waals surface area contributed by atoms with Gasteiger partial charge in [0.1, 0.15) is 0 Å². The maximum atomic E-state index is 13.1. The van der Waals surface area contributed by atoms with Crippen molar-refractivity contribution in [2.75, 3.05) is 28.5 Å². The van der Waals surface area contributed by atoms with Gasteiger partial charge >= 0.3 is 0 Å². The quantitative estimate of drug-likeness (QED) is 0.0364. The van der Waals surface area contributed by atoms with E-state index in [4.69, 9.17) is 0 Å². The number of alkyl halides is 2. The zero-order valence-electron chi connectivity index (χ0n) is 33.4. The van der Waals surface area contributed by atoms with Crippen LogP contribution < -0.4 is 16.0 Å². The van der Waals surface area contributed by atoms with Gasteiger partial charge in [-0.15, -0.1) is 0 Å². The maximum absolute atomic E-state index is 13.1. The van der Waals surface area contributed by atoms with Gasteiger partial charge in [-0.25, -0.2) is 0 Å². The highest BCUT2D eigenvalue weighted by Gasteiger charge is 2.43. The van der Waals surface area contributed by atoms with Crippen LogP contribution in [0, 0.1) is 42.6 Å². The van der Waals surface area contributed by atoms with Crippen LogP contribution in [0.3, 0.4) is 0 Å². The van der Waals surface area contributed by atoms with E-state index in [1.54, 1.807) is 0 Å². The van der Waals surface area contributed by atoms with Gasteiger partial charge in [0, 0.05) is 71.9 Å². The van der Waals surface area contributed by atoms with Gasteiger partial charge in [0.25, 0.3) is 0 Å². The fourth-order valence-electron chi connectivity index (χ4n) is 7.26. The summed E-state index contributed by atoms with van der Waals surface area (Å²) in [5.41, 5.74) is -1.61. The number of hydrogen-bond acceptors (Lipinski definition) is 5. The third-order valence-corrected chi connectivity index (χ3v) is 13.8. The molecule has 0 aromatic rings. The zero-order valence-corrected chi connectivity index (χ0v) is 37.7. The highest BCUT2D eigenvalue weighted by atomic mass is 127. The summed E-state index contributed by atoms with van der Waals surface area (Å²) in [5, 5.41) is 21.8. The van der Waals surface area contributed by atoms with Gasteiger partial charge in [-0.3, -0.25) is 24.5 Å². The minimum Gasteiger partial charge on any atom is -0.356 e. The normalized spacial score (nSPS) is 13.6. The molecule has 0 unspecified atom stereocenters. The molecule has 288 valence electrons. The first-order valence-electron chi connectivity index (χ1n) is 18.1. The molecule has 0 aromatic heterocycles. The number of amides is 3. The second-order valence-electron chi connectivity index (χ2n) is 19.4. The fourth-order valence-corrected chi connectivity index (χ4v) is 7.80. The predicted molar refractivity (Wildman–Crippen MR) is 221 cm³/mol. The summed E-state index contributed by atoms with van der Waals surface area (Å²) < 4.78 is 1.99. The fraction of sp³-hybridized carbons (Fsp3) is 0.921. The molecular formula is C38H72I2N4O5. The standard InChI is InChI=1S/C38H72I2N4O5/c1-14-32(2,3)21-35(8,9)26-41-29(45)15-18-38(44(48)49,19-16-30(46)42-27-36(10,11)22-33(4,5)24-39)20-17-31(47)43-28-37(12,13)23-34(6,7)25-40/h14-28H2,1-13H3,(H,41,45)(H,42,46)(H,43,47). The Kier molecular flexibility index (Phi) is 19.6. The van der Waals surface area contributed by atoms with E-state index >= 15 is 0 Å². The van der Waals surface area contributed by atoms with Gasteiger partial charge in [0.05, 0.1) is 0 Å². The van der Waals surface area contributed by atoms with Crippen molar-refractivity contribution in [3.63, 3.8) is 0 Å². The Balaban J connectivity index is 5.75. The van der Waals surface area contributed by atoms with Gasteiger partial charge in [-0.2, -0.15) is 0 Å². The van der Waals surface area contributed by atoms with E-state index in [2.05, 4.69) is 151 Å². The number of nitro groups is 1. The summed E-state index contributed by atoms with van der Waals surface area (Å²) in [6.45, 7) is 29.6. The molecule has 0 saturated heterocycles. The van der Waals surface area contributed by atoms with E-state index in [0.717, 1.165) is 34.5 Å². The van der Waals surface area contributed by atoms with E-state index in [9.17, 15) is 24.5 Å². The average molecular weight is 919 g/mol. The minimum atomic E-state index is -1.58. The molecule has 0 spiro atoms. The first kappa shape index (κ1) is 48.3. The second-order valence-corrected chi connectivity index (χ2v) is 21.0. The predicted octanol–water partition coefficient (Wildman–Crippen LogP) is 9.30. The Morgan fingerprint density at radius 3 is 1.02 bits per heavy atom. The summed E-state index contributed by atoms with van der Waals surface area (Å²) in [6, 6.07) is 0. The van der Waals surface area contributed by atoms with Crippen LogP contribution in [0.2, 0.25) is 0 Å². The number of hydrogen-bond donors (Lipinski definition) is 3. The summed E-state index contributed by atoms with van der Waals surface area (Å²) in [7, 11) is 0. The van der Waals surface area contributed by atoms with Crippen LogP contribution in [0.1, 0.15) is 154 Å². The first-order chi connectivity index (χ1) is 22.0. The number of nitrogens with zero attached hydrogens (tertiary/aromatic N) is 1. The number of halogens is 2. The maximum Gasteiger partial charge on any atom is 0.223 e. The summed E-state index contributed by atoms with van der Waals surface area (Å²) in [4.78, 5) is 51.7. The van der Waals surface area contributed by atoms with Crippen molar-refractivity contribution < 1.29 is 19.3 Å². The molecule has 0 radical (unpaired) electrons. The summed E-state index contributed by atoms with van der Waals surface area (Å²) in [6.07, 6.45) is 3.52. The molecule has 0 fully saturated rings. The summed E-state index contributed by atoms with van der Waals surface area (Å²) in [5.74, 6) is -0.748. The molecule has 9 nitrogen and oxygen atoms in total. The SMILES string of the molecule is CCC(C)(C)CC(C)(C)CNC(=O)CCC(CCC(=O)NCC(C)(C)CC(C)(C)CI)(CCC(=O)NCC(C)(C)CC(C)(C)CI)[N+](=O)[O-]. The molecule has 0 aliphatic carbocycles. The molecule has 0 rings (SSSR count). The van der Waals surface area contributed by atoms with Gasteiger partial charge in [0.2, 0.25) is 23.3 Å². The lowest BCUT2D eigenvalue weighted by atomic mass is 9.73. The Morgan fingerprint density at radius 2 is 0.796 bits per heavy atom. The Hall–Kier alpha value is -0.730.